The molecule has 31 heavy (non-hydrogen) atoms. The highest BCUT2D eigenvalue weighted by molar-refractivity contribution is 5.90. The number of fused-ring (bicyclic) bond motifs is 1. The number of nitrogens with zero attached hydrogens (tertiary/aromatic N) is 4. The highest BCUT2D eigenvalue weighted by Gasteiger charge is 2.18. The van der Waals surface area contributed by atoms with Gasteiger partial charge < -0.3 is 10.1 Å². The van der Waals surface area contributed by atoms with Crippen LogP contribution in [0, 0.1) is 13.8 Å². The van der Waals surface area contributed by atoms with Crippen molar-refractivity contribution in [1.82, 2.24) is 19.7 Å². The molecule has 3 aromatic heterocycles. The largest absolute Gasteiger partial charge is 0.479 e. The minimum Gasteiger partial charge on any atom is -0.479 e. The smallest absolute Gasteiger partial charge is 0.242 e. The lowest BCUT2D eigenvalue weighted by Gasteiger charge is -2.11. The Kier molecular flexibility index (Phi) is 5.66. The molecule has 0 bridgehead atoms. The number of carbonyl (C=O) groups is 1. The van der Waals surface area contributed by atoms with Gasteiger partial charge in [-0.3, -0.25) is 4.79 Å². The van der Waals surface area contributed by atoms with Crippen LogP contribution in [0.4, 0.5) is 5.82 Å². The first kappa shape index (κ1) is 20.5. The van der Waals surface area contributed by atoms with Crippen LogP contribution in [0.15, 0.2) is 48.7 Å². The summed E-state index contributed by atoms with van der Waals surface area (Å²) in [5.74, 6) is 1.01. The number of aryl methyl sites for hydroxylation is 3. The van der Waals surface area contributed by atoms with E-state index in [1.165, 1.54) is 0 Å². The molecular formula is C24H25N5O2. The second-order valence-corrected chi connectivity index (χ2v) is 7.48. The van der Waals surface area contributed by atoms with E-state index in [4.69, 9.17) is 4.74 Å². The Bertz CT molecular complexity index is 1230. The number of aromatic nitrogens is 4. The SMILES string of the molecule is COc1nn(C)c2nc(C)c(CCC(=O)Nc3ccc(-c4ccccc4)cn3)c(C)c12. The normalized spacial score (nSPS) is 11.0. The predicted octanol–water partition coefficient (Wildman–Crippen LogP) is 4.23. The van der Waals surface area contributed by atoms with E-state index in [1.54, 1.807) is 18.0 Å². The second kappa shape index (κ2) is 8.55. The topological polar surface area (TPSA) is 81.9 Å². The molecule has 4 aromatic rings. The molecule has 7 heteroatoms. The van der Waals surface area contributed by atoms with Crippen molar-refractivity contribution < 1.29 is 9.53 Å². The van der Waals surface area contributed by atoms with Crippen LogP contribution in [-0.4, -0.2) is 32.8 Å². The fourth-order valence-corrected chi connectivity index (χ4v) is 3.82. The maximum absolute atomic E-state index is 12.5. The van der Waals surface area contributed by atoms with Gasteiger partial charge in [-0.15, -0.1) is 5.10 Å². The molecule has 0 radical (unpaired) electrons. The Hall–Kier alpha value is -3.74. The first-order valence-corrected chi connectivity index (χ1v) is 10.2. The lowest BCUT2D eigenvalue weighted by atomic mass is 10.00. The number of anilines is 1. The van der Waals surface area contributed by atoms with Crippen LogP contribution >= 0.6 is 0 Å². The number of hydrogen-bond acceptors (Lipinski definition) is 5. The third-order valence-corrected chi connectivity index (χ3v) is 5.46. The predicted molar refractivity (Wildman–Crippen MR) is 121 cm³/mol. The number of benzene rings is 1. The van der Waals surface area contributed by atoms with E-state index in [0.717, 1.165) is 39.0 Å². The molecule has 0 unspecified atom stereocenters. The van der Waals surface area contributed by atoms with E-state index in [9.17, 15) is 4.79 Å². The van der Waals surface area contributed by atoms with Gasteiger partial charge in [-0.05, 0) is 49.1 Å². The summed E-state index contributed by atoms with van der Waals surface area (Å²) in [4.78, 5) is 21.6. The number of pyridine rings is 2. The Labute approximate surface area is 181 Å². The molecule has 0 saturated carbocycles. The zero-order valence-electron chi connectivity index (χ0n) is 18.1. The first-order valence-electron chi connectivity index (χ1n) is 10.2. The second-order valence-electron chi connectivity index (χ2n) is 7.48. The molecule has 7 nitrogen and oxygen atoms in total. The maximum atomic E-state index is 12.5. The molecule has 1 N–H and O–H groups in total. The van der Waals surface area contributed by atoms with Gasteiger partial charge in [0.05, 0.1) is 12.5 Å². The molecule has 0 fully saturated rings. The molecule has 0 aliphatic heterocycles. The minimum atomic E-state index is -0.0861. The third-order valence-electron chi connectivity index (χ3n) is 5.46. The number of rotatable bonds is 6. The lowest BCUT2D eigenvalue weighted by Crippen LogP contribution is -2.14. The number of methoxy groups -OCH3 is 1. The first-order chi connectivity index (χ1) is 15.0. The molecule has 158 valence electrons. The standard InChI is InChI=1S/C24H25N5O2/c1-15-19(16(2)26-23-22(15)24(31-4)28-29(23)3)11-13-21(30)27-20-12-10-18(14-25-20)17-8-6-5-7-9-17/h5-10,12,14H,11,13H2,1-4H3,(H,25,27,30). The summed E-state index contributed by atoms with van der Waals surface area (Å²) in [5, 5.41) is 8.15. The average molecular weight is 415 g/mol. The summed E-state index contributed by atoms with van der Waals surface area (Å²) < 4.78 is 7.13. The van der Waals surface area contributed by atoms with Gasteiger partial charge in [0.15, 0.2) is 5.65 Å². The van der Waals surface area contributed by atoms with Crippen molar-refractivity contribution >= 4 is 22.8 Å². The Morgan fingerprint density at radius 3 is 2.55 bits per heavy atom. The zero-order chi connectivity index (χ0) is 22.0. The monoisotopic (exact) mass is 415 g/mol. The van der Waals surface area contributed by atoms with Gasteiger partial charge in [-0.2, -0.15) is 0 Å². The Balaban J connectivity index is 1.46. The van der Waals surface area contributed by atoms with Crippen molar-refractivity contribution in [1.29, 1.82) is 0 Å². The quantitative estimate of drug-likeness (QED) is 0.510. The van der Waals surface area contributed by atoms with Crippen LogP contribution in [-0.2, 0) is 18.3 Å². The van der Waals surface area contributed by atoms with E-state index in [0.29, 0.717) is 24.5 Å². The van der Waals surface area contributed by atoms with E-state index in [2.05, 4.69) is 20.4 Å². The van der Waals surface area contributed by atoms with Gasteiger partial charge in [-0.25, -0.2) is 14.6 Å². The Morgan fingerprint density at radius 2 is 1.87 bits per heavy atom. The van der Waals surface area contributed by atoms with Crippen molar-refractivity contribution in [3.8, 4) is 17.0 Å². The van der Waals surface area contributed by atoms with Crippen LogP contribution in [0.25, 0.3) is 22.2 Å². The molecule has 0 saturated heterocycles. The fourth-order valence-electron chi connectivity index (χ4n) is 3.82. The molecule has 0 atom stereocenters. The Morgan fingerprint density at radius 1 is 1.10 bits per heavy atom. The van der Waals surface area contributed by atoms with Gasteiger partial charge in [0, 0.05) is 30.9 Å². The highest BCUT2D eigenvalue weighted by atomic mass is 16.5. The summed E-state index contributed by atoms with van der Waals surface area (Å²) in [5.41, 5.74) is 5.87. The average Bonchev–Trinajstić information content (AvgIpc) is 3.10. The summed E-state index contributed by atoms with van der Waals surface area (Å²) in [6, 6.07) is 13.8. The number of carbonyl (C=O) groups excluding carboxylic acids is 1. The number of amides is 1. The molecule has 3 heterocycles. The van der Waals surface area contributed by atoms with E-state index in [-0.39, 0.29) is 5.91 Å². The summed E-state index contributed by atoms with van der Waals surface area (Å²) in [7, 11) is 3.45. The van der Waals surface area contributed by atoms with E-state index in [1.807, 2.05) is 63.4 Å². The van der Waals surface area contributed by atoms with Gasteiger partial charge in [-0.1, -0.05) is 30.3 Å². The number of hydrogen-bond donors (Lipinski definition) is 1. The van der Waals surface area contributed by atoms with Crippen molar-refractivity contribution in [3.05, 3.63) is 65.5 Å². The van der Waals surface area contributed by atoms with Crippen LogP contribution in [0.3, 0.4) is 0 Å². The zero-order valence-corrected chi connectivity index (χ0v) is 18.1. The van der Waals surface area contributed by atoms with E-state index >= 15 is 0 Å². The summed E-state index contributed by atoms with van der Waals surface area (Å²) >= 11 is 0. The van der Waals surface area contributed by atoms with Crippen LogP contribution in [0.5, 0.6) is 5.88 Å². The van der Waals surface area contributed by atoms with Gasteiger partial charge >= 0.3 is 0 Å². The molecule has 0 aliphatic rings. The maximum Gasteiger partial charge on any atom is 0.242 e. The van der Waals surface area contributed by atoms with Crippen molar-refractivity contribution in [2.24, 2.45) is 7.05 Å². The molecular weight excluding hydrogens is 390 g/mol. The molecule has 1 aromatic carbocycles. The summed E-state index contributed by atoms with van der Waals surface area (Å²) in [6.45, 7) is 3.99. The highest BCUT2D eigenvalue weighted by Crippen LogP contribution is 2.30. The van der Waals surface area contributed by atoms with E-state index < -0.39 is 0 Å². The number of ether oxygens (including phenoxy) is 1. The minimum absolute atomic E-state index is 0.0861. The van der Waals surface area contributed by atoms with Crippen LogP contribution in [0.1, 0.15) is 23.2 Å². The van der Waals surface area contributed by atoms with Gasteiger partial charge in [0.25, 0.3) is 0 Å². The number of nitrogens with one attached hydrogen (secondary N) is 1. The van der Waals surface area contributed by atoms with Crippen LogP contribution in [0.2, 0.25) is 0 Å². The van der Waals surface area contributed by atoms with Crippen molar-refractivity contribution in [2.45, 2.75) is 26.7 Å². The molecule has 0 spiro atoms. The van der Waals surface area contributed by atoms with Crippen LogP contribution < -0.4 is 10.1 Å². The lowest BCUT2D eigenvalue weighted by molar-refractivity contribution is -0.116. The summed E-state index contributed by atoms with van der Waals surface area (Å²) in [6.07, 6.45) is 2.68. The van der Waals surface area contributed by atoms with Crippen molar-refractivity contribution in [2.75, 3.05) is 12.4 Å². The third kappa shape index (κ3) is 4.12. The molecule has 1 amide bonds. The molecule has 0 aliphatic carbocycles. The van der Waals surface area contributed by atoms with Gasteiger partial charge in [0.1, 0.15) is 5.82 Å². The van der Waals surface area contributed by atoms with Gasteiger partial charge in [0.2, 0.25) is 11.8 Å². The van der Waals surface area contributed by atoms with Crippen molar-refractivity contribution in [3.63, 3.8) is 0 Å². The fraction of sp³-hybridized carbons (Fsp3) is 0.250. The molecule has 4 rings (SSSR count).